The lowest BCUT2D eigenvalue weighted by Crippen LogP contribution is -2.51. The first kappa shape index (κ1) is 36.0. The summed E-state index contributed by atoms with van der Waals surface area (Å²) in [5.41, 5.74) is 2.82. The zero-order valence-electron chi connectivity index (χ0n) is 29.3. The van der Waals surface area contributed by atoms with Crippen LogP contribution in [-0.4, -0.2) is 100 Å². The van der Waals surface area contributed by atoms with Crippen LogP contribution in [0, 0.1) is 0 Å². The first-order valence-corrected chi connectivity index (χ1v) is 17.8. The fraction of sp³-hybridized carbons (Fsp3) is 0.268. The molecular formula is C41H38N4O9. The van der Waals surface area contributed by atoms with E-state index in [0.29, 0.717) is 17.9 Å². The molecule has 4 aromatic rings. The van der Waals surface area contributed by atoms with Crippen molar-refractivity contribution in [2.24, 2.45) is 0 Å². The minimum atomic E-state index is -1.26. The van der Waals surface area contributed by atoms with Crippen LogP contribution in [0.3, 0.4) is 0 Å². The topological polar surface area (TPSA) is 163 Å². The first-order chi connectivity index (χ1) is 26.2. The number of aliphatic hydroxyl groups is 1. The van der Waals surface area contributed by atoms with Gasteiger partial charge in [0.2, 0.25) is 18.6 Å². The van der Waals surface area contributed by atoms with Crippen LogP contribution in [0.4, 0.5) is 0 Å². The van der Waals surface area contributed by atoms with Gasteiger partial charge in [0.25, 0.3) is 23.6 Å². The molecule has 0 spiro atoms. The van der Waals surface area contributed by atoms with E-state index in [1.807, 2.05) is 42.5 Å². The summed E-state index contributed by atoms with van der Waals surface area (Å²) in [6.07, 6.45) is -1.03. The number of fused-ring (bicyclic) bond motifs is 3. The minimum Gasteiger partial charge on any atom is -0.454 e. The van der Waals surface area contributed by atoms with E-state index in [-0.39, 0.29) is 74.5 Å². The Labute approximate surface area is 311 Å². The Morgan fingerprint density at radius 2 is 1.22 bits per heavy atom. The lowest BCUT2D eigenvalue weighted by atomic mass is 10.00. The molecule has 0 fully saturated rings. The highest BCUT2D eigenvalue weighted by Gasteiger charge is 2.37. The second-order valence-corrected chi connectivity index (χ2v) is 13.3. The van der Waals surface area contributed by atoms with Crippen LogP contribution in [0.1, 0.15) is 65.4 Å². The van der Waals surface area contributed by atoms with Gasteiger partial charge in [-0.3, -0.25) is 38.6 Å². The van der Waals surface area contributed by atoms with E-state index in [9.17, 15) is 33.9 Å². The van der Waals surface area contributed by atoms with Crippen LogP contribution in [0.2, 0.25) is 0 Å². The molecule has 2 atom stereocenters. The number of hydrogen-bond donors (Lipinski definition) is 2. The minimum absolute atomic E-state index is 0.111. The first-order valence-electron chi connectivity index (χ1n) is 17.8. The number of rotatable bonds is 15. The fourth-order valence-electron chi connectivity index (χ4n) is 6.92. The van der Waals surface area contributed by atoms with E-state index in [2.05, 4.69) is 5.32 Å². The zero-order chi connectivity index (χ0) is 37.8. The van der Waals surface area contributed by atoms with Crippen molar-refractivity contribution in [2.75, 3.05) is 33.0 Å². The molecule has 3 heterocycles. The lowest BCUT2D eigenvalue weighted by Gasteiger charge is -2.31. The quantitative estimate of drug-likeness (QED) is 0.175. The number of carbonyl (C=O) groups excluding carboxylic acids is 6. The summed E-state index contributed by atoms with van der Waals surface area (Å²) in [5, 5.41) is 14.6. The molecule has 3 aliphatic rings. The molecule has 2 N–H and O–H groups in total. The average Bonchev–Trinajstić information content (AvgIpc) is 3.83. The predicted molar refractivity (Wildman–Crippen MR) is 194 cm³/mol. The molecule has 0 aromatic heterocycles. The summed E-state index contributed by atoms with van der Waals surface area (Å²) in [4.78, 5) is 82.6. The van der Waals surface area contributed by atoms with E-state index in [4.69, 9.17) is 9.47 Å². The van der Waals surface area contributed by atoms with Gasteiger partial charge in [0, 0.05) is 39.0 Å². The maximum Gasteiger partial charge on any atom is 0.261 e. The Bertz CT molecular complexity index is 2050. The highest BCUT2D eigenvalue weighted by molar-refractivity contribution is 6.22. The molecule has 0 saturated carbocycles. The van der Waals surface area contributed by atoms with Gasteiger partial charge >= 0.3 is 0 Å². The molecule has 0 radical (unpaired) electrons. The number of amides is 6. The number of nitrogens with zero attached hydrogens (tertiary/aromatic N) is 3. The maximum atomic E-state index is 13.9. The number of hydrogen-bond acceptors (Lipinski definition) is 9. The van der Waals surface area contributed by atoms with Gasteiger partial charge in [-0.15, -0.1) is 0 Å². The number of aliphatic hydroxyl groups excluding tert-OH is 1. The van der Waals surface area contributed by atoms with Gasteiger partial charge in [-0.1, -0.05) is 60.7 Å². The highest BCUT2D eigenvalue weighted by atomic mass is 16.7. The van der Waals surface area contributed by atoms with Gasteiger partial charge < -0.3 is 24.8 Å². The van der Waals surface area contributed by atoms with E-state index in [0.717, 1.165) is 20.9 Å². The number of carbonyl (C=O) groups is 6. The monoisotopic (exact) mass is 730 g/mol. The molecule has 13 nitrogen and oxygen atoms in total. The predicted octanol–water partition coefficient (Wildman–Crippen LogP) is 3.25. The Kier molecular flexibility index (Phi) is 10.5. The van der Waals surface area contributed by atoms with Crippen LogP contribution in [0.15, 0.2) is 97.1 Å². The summed E-state index contributed by atoms with van der Waals surface area (Å²) in [5.74, 6) is -1.57. The molecule has 3 aliphatic heterocycles. The van der Waals surface area contributed by atoms with Gasteiger partial charge in [0.15, 0.2) is 11.5 Å². The van der Waals surface area contributed by atoms with Crippen molar-refractivity contribution >= 4 is 35.4 Å². The third-order valence-corrected chi connectivity index (χ3v) is 9.84. The maximum absolute atomic E-state index is 13.9. The van der Waals surface area contributed by atoms with Gasteiger partial charge in [-0.25, -0.2) is 0 Å². The fourth-order valence-corrected chi connectivity index (χ4v) is 6.92. The largest absolute Gasteiger partial charge is 0.454 e. The van der Waals surface area contributed by atoms with Crippen LogP contribution in [-0.2, 0) is 22.4 Å². The summed E-state index contributed by atoms with van der Waals surface area (Å²) in [6, 6.07) is 26.8. The summed E-state index contributed by atoms with van der Waals surface area (Å²) in [7, 11) is 0. The molecule has 0 bridgehead atoms. The molecule has 7 rings (SSSR count). The Balaban J connectivity index is 1.05. The Hall–Kier alpha value is -6.34. The molecule has 0 aliphatic carbocycles. The number of nitrogens with one attached hydrogen (secondary N) is 1. The standard InChI is InChI=1S/C41H38N4O9/c46-33(32(22-26-8-2-1-3-9-26)42-36(47)17-20-44-38(49)28-10-4-5-11-29(28)39(44)50)24-43(19-16-27-14-15-34-35(23-27)54-25-53-34)37(48)18-21-45-40(51)30-12-6-7-13-31(30)41(45)52/h1-15,23,32-33,46H,16-22,24-25H2,(H,42,47). The second kappa shape index (κ2) is 15.7. The zero-order valence-corrected chi connectivity index (χ0v) is 29.3. The lowest BCUT2D eigenvalue weighted by molar-refractivity contribution is -0.133. The van der Waals surface area contributed by atoms with Gasteiger partial charge in [0.1, 0.15) is 0 Å². The normalized spacial score (nSPS) is 15.3. The van der Waals surface area contributed by atoms with Crippen LogP contribution in [0.25, 0.3) is 0 Å². The molecular weight excluding hydrogens is 692 g/mol. The Morgan fingerprint density at radius 3 is 1.81 bits per heavy atom. The van der Waals surface area contributed by atoms with Crippen molar-refractivity contribution in [3.8, 4) is 11.5 Å². The average molecular weight is 731 g/mol. The molecule has 6 amide bonds. The third-order valence-electron chi connectivity index (χ3n) is 9.84. The van der Waals surface area contributed by atoms with Crippen molar-refractivity contribution < 1.29 is 43.3 Å². The molecule has 13 heteroatoms. The highest BCUT2D eigenvalue weighted by Crippen LogP contribution is 2.33. The molecule has 54 heavy (non-hydrogen) atoms. The number of ether oxygens (including phenoxy) is 2. The van der Waals surface area contributed by atoms with Crippen molar-refractivity contribution in [2.45, 2.75) is 37.8 Å². The molecule has 276 valence electrons. The van der Waals surface area contributed by atoms with Crippen LogP contribution < -0.4 is 14.8 Å². The number of imide groups is 2. The van der Waals surface area contributed by atoms with Crippen LogP contribution >= 0.6 is 0 Å². The Morgan fingerprint density at radius 1 is 0.685 bits per heavy atom. The van der Waals surface area contributed by atoms with E-state index in [1.54, 1.807) is 54.6 Å². The smallest absolute Gasteiger partial charge is 0.261 e. The number of benzene rings is 4. The summed E-state index contributed by atoms with van der Waals surface area (Å²) >= 11 is 0. The molecule has 4 aromatic carbocycles. The van der Waals surface area contributed by atoms with E-state index < -0.39 is 47.6 Å². The van der Waals surface area contributed by atoms with Crippen molar-refractivity contribution in [3.05, 3.63) is 130 Å². The SMILES string of the molecule is O=C(CCN1C(=O)c2ccccc2C1=O)NC(Cc1ccccc1)C(O)CN(CCc1ccc2c(c1)OCO2)C(=O)CCN1C(=O)c2ccccc2C1=O. The van der Waals surface area contributed by atoms with Gasteiger partial charge in [-0.2, -0.15) is 0 Å². The van der Waals surface area contributed by atoms with Gasteiger partial charge in [-0.05, 0) is 60.4 Å². The van der Waals surface area contributed by atoms with Crippen molar-refractivity contribution in [3.63, 3.8) is 0 Å². The van der Waals surface area contributed by atoms with Crippen molar-refractivity contribution in [1.82, 2.24) is 20.0 Å². The van der Waals surface area contributed by atoms with E-state index >= 15 is 0 Å². The molecule has 0 saturated heterocycles. The van der Waals surface area contributed by atoms with Crippen LogP contribution in [0.5, 0.6) is 11.5 Å². The summed E-state index contributed by atoms with van der Waals surface area (Å²) in [6.45, 7) is -0.195. The van der Waals surface area contributed by atoms with E-state index in [1.165, 1.54) is 4.90 Å². The second-order valence-electron chi connectivity index (χ2n) is 13.3. The third kappa shape index (κ3) is 7.57. The molecule has 2 unspecified atom stereocenters. The summed E-state index contributed by atoms with van der Waals surface area (Å²) < 4.78 is 10.9. The van der Waals surface area contributed by atoms with Crippen molar-refractivity contribution in [1.29, 1.82) is 0 Å². The van der Waals surface area contributed by atoms with Gasteiger partial charge in [0.05, 0.1) is 34.4 Å².